The Morgan fingerprint density at radius 2 is 0.892 bits per heavy atom. The van der Waals surface area contributed by atoms with Gasteiger partial charge >= 0.3 is 45.1 Å². The number of unbranched alkanes of at least 4 members (excludes halogenated alkanes) is 5. The molecule has 0 heterocycles. The van der Waals surface area contributed by atoms with Crippen LogP contribution in [0.5, 0.6) is 0 Å². The molecule has 0 aromatic heterocycles. The first kappa shape index (κ1) is 35.9. The minimum absolute atomic E-state index is 0.0241. The second-order valence-corrected chi connectivity index (χ2v) is 9.93. The molecule has 0 amide bonds. The van der Waals surface area contributed by atoms with Gasteiger partial charge in [0.05, 0.1) is 0 Å². The van der Waals surface area contributed by atoms with E-state index in [1.54, 1.807) is 6.92 Å². The molecular weight excluding hydrogens is 591 g/mol. The summed E-state index contributed by atoms with van der Waals surface area (Å²) in [5.74, 6) is -5.92. The Labute approximate surface area is 198 Å². The maximum absolute atomic E-state index is 14.8. The molecule has 37 heavy (non-hydrogen) atoms. The molecular formula is C16H19F17O3Si. The van der Waals surface area contributed by atoms with Crippen molar-refractivity contribution in [2.45, 2.75) is 94.0 Å². The Balaban J connectivity index is 6.87. The predicted octanol–water partition coefficient (Wildman–Crippen LogP) is 8.41. The van der Waals surface area contributed by atoms with Gasteiger partial charge in [-0.25, -0.2) is 8.78 Å². The average molecular weight is 610 g/mol. The maximum atomic E-state index is 14.8. The van der Waals surface area contributed by atoms with Crippen molar-refractivity contribution in [2.24, 2.45) is 0 Å². The maximum Gasteiger partial charge on any atom is 0.589 e. The van der Waals surface area contributed by atoms with Gasteiger partial charge < -0.3 is 13.3 Å². The van der Waals surface area contributed by atoms with E-state index in [4.69, 9.17) is 0 Å². The van der Waals surface area contributed by atoms with Crippen molar-refractivity contribution in [1.82, 2.24) is 0 Å². The number of rotatable bonds is 15. The van der Waals surface area contributed by atoms with Crippen molar-refractivity contribution in [2.75, 3.05) is 6.67 Å². The van der Waals surface area contributed by atoms with Gasteiger partial charge in [0.15, 0.2) is 6.67 Å². The topological polar surface area (TPSA) is 27.7 Å². The van der Waals surface area contributed by atoms with E-state index in [9.17, 15) is 74.6 Å². The predicted molar refractivity (Wildman–Crippen MR) is 89.8 cm³/mol. The van der Waals surface area contributed by atoms with Gasteiger partial charge in [-0.2, -0.15) is 65.9 Å². The van der Waals surface area contributed by atoms with Crippen molar-refractivity contribution >= 4 is 8.80 Å². The van der Waals surface area contributed by atoms with Gasteiger partial charge in [-0.1, -0.05) is 39.0 Å². The van der Waals surface area contributed by atoms with Gasteiger partial charge in [0, 0.05) is 6.42 Å². The fraction of sp³-hybridized carbons (Fsp3) is 1.00. The number of halogens is 17. The third-order valence-corrected chi connectivity index (χ3v) is 7.04. The Kier molecular flexibility index (Phi) is 11.6. The normalized spacial score (nSPS) is 16.7. The van der Waals surface area contributed by atoms with Crippen molar-refractivity contribution in [1.29, 1.82) is 0 Å². The first-order valence-electron chi connectivity index (χ1n) is 9.93. The number of alkyl halides is 17. The minimum Gasteiger partial charge on any atom is -0.329 e. The van der Waals surface area contributed by atoms with E-state index >= 15 is 0 Å². The third kappa shape index (κ3) is 8.97. The molecule has 0 rings (SSSR count). The summed E-state index contributed by atoms with van der Waals surface area (Å²) in [4.78, 5) is 0. The van der Waals surface area contributed by atoms with E-state index < -0.39 is 76.9 Å². The van der Waals surface area contributed by atoms with Gasteiger partial charge in [-0.3, -0.25) is 0 Å². The SMILES string of the molecule is CCCCCCCCC(F)(O[Si](OC(F)(F)C(F)(F)F)(OC(F)(F)C(F)(F)F)C(F)(F)CF)C(F)(F)F. The first-order chi connectivity index (χ1) is 16.2. The highest BCUT2D eigenvalue weighted by atomic mass is 28.4. The van der Waals surface area contributed by atoms with E-state index in [2.05, 4.69) is 13.3 Å². The highest BCUT2D eigenvalue weighted by Crippen LogP contribution is 2.51. The Hall–Kier alpha value is -1.09. The molecule has 0 aliphatic rings. The van der Waals surface area contributed by atoms with Gasteiger partial charge in [0.2, 0.25) is 0 Å². The molecule has 0 saturated carbocycles. The lowest BCUT2D eigenvalue weighted by Gasteiger charge is -2.42. The second kappa shape index (κ2) is 12.0. The van der Waals surface area contributed by atoms with E-state index in [0.29, 0.717) is 19.3 Å². The largest absolute Gasteiger partial charge is 0.589 e. The fourth-order valence-corrected chi connectivity index (χ4v) is 4.70. The van der Waals surface area contributed by atoms with E-state index in [1.165, 1.54) is 0 Å². The van der Waals surface area contributed by atoms with Crippen molar-refractivity contribution < 1.29 is 87.9 Å². The van der Waals surface area contributed by atoms with Crippen LogP contribution in [0.4, 0.5) is 74.6 Å². The Morgan fingerprint density at radius 3 is 1.22 bits per heavy atom. The molecule has 0 fully saturated rings. The van der Waals surface area contributed by atoms with Crippen LogP contribution in [0, 0.1) is 0 Å². The Bertz CT molecular complexity index is 678. The lowest BCUT2D eigenvalue weighted by atomic mass is 10.1. The molecule has 0 aromatic carbocycles. The average Bonchev–Trinajstić information content (AvgIpc) is 2.67. The summed E-state index contributed by atoms with van der Waals surface area (Å²) in [6, 6.07) is 0. The van der Waals surface area contributed by atoms with Crippen LogP contribution in [-0.4, -0.2) is 57.6 Å². The van der Waals surface area contributed by atoms with E-state index in [-0.39, 0.29) is 6.42 Å². The highest BCUT2D eigenvalue weighted by Gasteiger charge is 2.82. The molecule has 0 aromatic rings. The summed E-state index contributed by atoms with van der Waals surface area (Å²) >= 11 is 0. The quantitative estimate of drug-likeness (QED) is 0.106. The van der Waals surface area contributed by atoms with Crippen LogP contribution in [0.3, 0.4) is 0 Å². The smallest absolute Gasteiger partial charge is 0.329 e. The summed E-state index contributed by atoms with van der Waals surface area (Å²) in [6.45, 7) is -2.15. The zero-order chi connectivity index (χ0) is 29.8. The van der Waals surface area contributed by atoms with Crippen LogP contribution in [0.2, 0.25) is 0 Å². The summed E-state index contributed by atoms with van der Waals surface area (Å²) in [5, 5.41) is 0. The molecule has 224 valence electrons. The second-order valence-electron chi connectivity index (χ2n) is 7.47. The van der Waals surface area contributed by atoms with Crippen LogP contribution in [0.1, 0.15) is 51.9 Å². The lowest BCUT2D eigenvalue weighted by Crippen LogP contribution is -2.72. The fourth-order valence-electron chi connectivity index (χ4n) is 2.42. The molecule has 0 saturated heterocycles. The molecule has 0 spiro atoms. The van der Waals surface area contributed by atoms with E-state index in [1.807, 2.05) is 0 Å². The molecule has 0 aliphatic heterocycles. The molecule has 1 atom stereocenters. The minimum atomic E-state index is -9.08. The van der Waals surface area contributed by atoms with Gasteiger partial charge in [0.25, 0.3) is 5.85 Å². The Morgan fingerprint density at radius 1 is 0.514 bits per heavy atom. The number of hydrogen-bond donors (Lipinski definition) is 0. The van der Waals surface area contributed by atoms with Crippen LogP contribution in [0.25, 0.3) is 0 Å². The molecule has 1 unspecified atom stereocenters. The lowest BCUT2D eigenvalue weighted by molar-refractivity contribution is -0.416. The van der Waals surface area contributed by atoms with Crippen LogP contribution < -0.4 is 0 Å². The standard InChI is InChI=1S/C16H19F17O3Si/c1-2-3-4-5-6-7-8-10(18,12(21,22)23)34-37(11(19,20)9-17,35-15(30,31)13(24,25)26)36-16(32,33)14(27,28)29/h2-9H2,1H3. The molecule has 0 aliphatic carbocycles. The molecule has 0 N–H and O–H groups in total. The summed E-state index contributed by atoms with van der Waals surface area (Å²) in [5.41, 5.74) is -6.62. The molecule has 0 bridgehead atoms. The molecule has 3 nitrogen and oxygen atoms in total. The monoisotopic (exact) mass is 610 g/mol. The highest BCUT2D eigenvalue weighted by molar-refractivity contribution is 6.63. The zero-order valence-corrected chi connectivity index (χ0v) is 19.3. The summed E-state index contributed by atoms with van der Waals surface area (Å²) in [6.07, 6.45) is -38.3. The molecule has 21 heteroatoms. The summed E-state index contributed by atoms with van der Waals surface area (Å²) in [7, 11) is -9.08. The van der Waals surface area contributed by atoms with Crippen LogP contribution in [-0.2, 0) is 13.3 Å². The van der Waals surface area contributed by atoms with Gasteiger partial charge in [-0.05, 0) is 6.42 Å². The first-order valence-corrected chi connectivity index (χ1v) is 11.7. The zero-order valence-electron chi connectivity index (χ0n) is 18.3. The van der Waals surface area contributed by atoms with Crippen LogP contribution in [0.15, 0.2) is 0 Å². The van der Waals surface area contributed by atoms with Crippen LogP contribution >= 0.6 is 0 Å². The van der Waals surface area contributed by atoms with Gasteiger partial charge in [-0.15, -0.1) is 0 Å². The van der Waals surface area contributed by atoms with Crippen molar-refractivity contribution in [3.63, 3.8) is 0 Å². The summed E-state index contributed by atoms with van der Waals surface area (Å²) < 4.78 is 232. The van der Waals surface area contributed by atoms with E-state index in [0.717, 1.165) is 0 Å². The van der Waals surface area contributed by atoms with Crippen molar-refractivity contribution in [3.8, 4) is 0 Å². The number of hydrogen-bond acceptors (Lipinski definition) is 3. The van der Waals surface area contributed by atoms with Gasteiger partial charge in [0.1, 0.15) is 0 Å². The third-order valence-electron chi connectivity index (χ3n) is 4.37. The molecule has 0 radical (unpaired) electrons. The van der Waals surface area contributed by atoms with Crippen molar-refractivity contribution in [3.05, 3.63) is 0 Å².